The predicted octanol–water partition coefficient (Wildman–Crippen LogP) is 3.97. The van der Waals surface area contributed by atoms with Gasteiger partial charge in [0.1, 0.15) is 0 Å². The number of nitrogens with zero attached hydrogens (tertiary/aromatic N) is 2. The highest BCUT2D eigenvalue weighted by Crippen LogP contribution is 2.21. The minimum atomic E-state index is -0.102. The van der Waals surface area contributed by atoms with E-state index in [0.717, 1.165) is 6.42 Å². The van der Waals surface area contributed by atoms with Crippen molar-refractivity contribution in [3.63, 3.8) is 0 Å². The van der Waals surface area contributed by atoms with E-state index in [1.165, 1.54) is 4.88 Å². The van der Waals surface area contributed by atoms with Crippen LogP contribution in [0, 0.1) is 0 Å². The van der Waals surface area contributed by atoms with Crippen molar-refractivity contribution in [2.45, 2.75) is 12.8 Å². The van der Waals surface area contributed by atoms with Gasteiger partial charge in [-0.15, -0.1) is 11.3 Å². The highest BCUT2D eigenvalue weighted by Gasteiger charge is 2.25. The summed E-state index contributed by atoms with van der Waals surface area (Å²) in [6.07, 6.45) is 1.29. The largest absolute Gasteiger partial charge is 0.339 e. The lowest BCUT2D eigenvalue weighted by Crippen LogP contribution is -2.50. The lowest BCUT2D eigenvalue weighted by Gasteiger charge is -2.35. The Hall–Kier alpha value is -1.56. The molecular formula is C18H18Cl2N2O2S. The molecular weight excluding hydrogens is 379 g/mol. The summed E-state index contributed by atoms with van der Waals surface area (Å²) in [5.41, 5.74) is 0.481. The van der Waals surface area contributed by atoms with Crippen LogP contribution in [0.3, 0.4) is 0 Å². The number of hydrogen-bond acceptors (Lipinski definition) is 3. The van der Waals surface area contributed by atoms with Crippen molar-refractivity contribution in [1.29, 1.82) is 0 Å². The van der Waals surface area contributed by atoms with Crippen LogP contribution in [0.25, 0.3) is 0 Å². The molecule has 1 aromatic carbocycles. The number of aryl methyl sites for hydroxylation is 1. The first-order chi connectivity index (χ1) is 12.0. The summed E-state index contributed by atoms with van der Waals surface area (Å²) in [4.78, 5) is 29.7. The molecule has 0 N–H and O–H groups in total. The van der Waals surface area contributed by atoms with Gasteiger partial charge in [-0.05, 0) is 36.1 Å². The molecule has 132 valence electrons. The van der Waals surface area contributed by atoms with Crippen LogP contribution in [0.5, 0.6) is 0 Å². The Bertz CT molecular complexity index is 736. The third-order valence-electron chi connectivity index (χ3n) is 4.19. The summed E-state index contributed by atoms with van der Waals surface area (Å²) in [6, 6.07) is 8.88. The zero-order valence-electron chi connectivity index (χ0n) is 13.6. The molecule has 1 saturated heterocycles. The molecule has 1 fully saturated rings. The van der Waals surface area contributed by atoms with Gasteiger partial charge >= 0.3 is 0 Å². The average molecular weight is 397 g/mol. The zero-order valence-corrected chi connectivity index (χ0v) is 15.9. The summed E-state index contributed by atoms with van der Waals surface area (Å²) < 4.78 is 0. The third kappa shape index (κ3) is 4.75. The predicted molar refractivity (Wildman–Crippen MR) is 102 cm³/mol. The minimum Gasteiger partial charge on any atom is -0.339 e. The summed E-state index contributed by atoms with van der Waals surface area (Å²) >= 11 is 13.6. The first-order valence-corrected chi connectivity index (χ1v) is 9.72. The molecule has 7 heteroatoms. The molecule has 1 aromatic heterocycles. The normalized spacial score (nSPS) is 14.6. The molecule has 2 heterocycles. The Morgan fingerprint density at radius 2 is 1.64 bits per heavy atom. The van der Waals surface area contributed by atoms with Crippen LogP contribution in [-0.4, -0.2) is 47.8 Å². The van der Waals surface area contributed by atoms with Crippen molar-refractivity contribution in [1.82, 2.24) is 9.80 Å². The second-order valence-electron chi connectivity index (χ2n) is 5.91. The molecule has 0 bridgehead atoms. The van der Waals surface area contributed by atoms with Crippen LogP contribution >= 0.6 is 34.5 Å². The maximum atomic E-state index is 12.6. The standard InChI is InChI=1S/C18H18Cl2N2O2S/c19-14-10-13(11-15(20)12-14)18(24)22-7-5-21(6-8-22)17(23)4-3-16-2-1-9-25-16/h1-2,9-12H,3-8H2. The minimum absolute atomic E-state index is 0.102. The highest BCUT2D eigenvalue weighted by molar-refractivity contribution is 7.09. The molecule has 0 saturated carbocycles. The number of benzene rings is 1. The quantitative estimate of drug-likeness (QED) is 0.783. The van der Waals surface area contributed by atoms with E-state index in [0.29, 0.717) is 48.2 Å². The van der Waals surface area contributed by atoms with Crippen LogP contribution < -0.4 is 0 Å². The van der Waals surface area contributed by atoms with Gasteiger partial charge in [0.05, 0.1) is 0 Å². The highest BCUT2D eigenvalue weighted by atomic mass is 35.5. The Balaban J connectivity index is 1.52. The van der Waals surface area contributed by atoms with Gasteiger partial charge in [0.25, 0.3) is 5.91 Å². The van der Waals surface area contributed by atoms with Gasteiger partial charge in [-0.1, -0.05) is 29.3 Å². The number of thiophene rings is 1. The number of carbonyl (C=O) groups is 2. The molecule has 0 aliphatic carbocycles. The molecule has 3 rings (SSSR count). The Morgan fingerprint density at radius 3 is 2.24 bits per heavy atom. The van der Waals surface area contributed by atoms with Crippen molar-refractivity contribution >= 4 is 46.4 Å². The number of carbonyl (C=O) groups excluding carboxylic acids is 2. The molecule has 1 aliphatic rings. The van der Waals surface area contributed by atoms with E-state index in [1.807, 2.05) is 22.4 Å². The SMILES string of the molecule is O=C(CCc1cccs1)N1CCN(C(=O)c2cc(Cl)cc(Cl)c2)CC1. The molecule has 0 unspecified atom stereocenters. The van der Waals surface area contributed by atoms with Crippen LogP contribution in [0.15, 0.2) is 35.7 Å². The lowest BCUT2D eigenvalue weighted by atomic mass is 10.1. The molecule has 2 aromatic rings. The van der Waals surface area contributed by atoms with Crippen LogP contribution in [-0.2, 0) is 11.2 Å². The first-order valence-electron chi connectivity index (χ1n) is 8.08. The van der Waals surface area contributed by atoms with Crippen LogP contribution in [0.2, 0.25) is 10.0 Å². The van der Waals surface area contributed by atoms with E-state index in [9.17, 15) is 9.59 Å². The van der Waals surface area contributed by atoms with Crippen molar-refractivity contribution in [2.24, 2.45) is 0 Å². The zero-order chi connectivity index (χ0) is 17.8. The first kappa shape index (κ1) is 18.2. The van der Waals surface area contributed by atoms with Gasteiger partial charge in [-0.2, -0.15) is 0 Å². The topological polar surface area (TPSA) is 40.6 Å². The van der Waals surface area contributed by atoms with Crippen molar-refractivity contribution in [2.75, 3.05) is 26.2 Å². The van der Waals surface area contributed by atoms with Crippen LogP contribution in [0.4, 0.5) is 0 Å². The Morgan fingerprint density at radius 1 is 1.00 bits per heavy atom. The lowest BCUT2D eigenvalue weighted by molar-refractivity contribution is -0.132. The van der Waals surface area contributed by atoms with E-state index in [4.69, 9.17) is 23.2 Å². The second kappa shape index (κ2) is 8.21. The molecule has 0 spiro atoms. The van der Waals surface area contributed by atoms with E-state index >= 15 is 0 Å². The van der Waals surface area contributed by atoms with Crippen molar-refractivity contribution in [3.8, 4) is 0 Å². The number of rotatable bonds is 4. The van der Waals surface area contributed by atoms with Gasteiger partial charge in [0.15, 0.2) is 0 Å². The molecule has 1 aliphatic heterocycles. The molecule has 25 heavy (non-hydrogen) atoms. The summed E-state index contributed by atoms with van der Waals surface area (Å²) in [6.45, 7) is 2.16. The van der Waals surface area contributed by atoms with Gasteiger partial charge in [-0.3, -0.25) is 9.59 Å². The van der Waals surface area contributed by atoms with E-state index < -0.39 is 0 Å². The summed E-state index contributed by atoms with van der Waals surface area (Å²) in [7, 11) is 0. The number of hydrogen-bond donors (Lipinski definition) is 0. The Kier molecular flexibility index (Phi) is 5.99. The van der Waals surface area contributed by atoms with Gasteiger partial charge in [0.2, 0.25) is 5.91 Å². The van der Waals surface area contributed by atoms with E-state index in [2.05, 4.69) is 0 Å². The number of halogens is 2. The fourth-order valence-corrected chi connectivity index (χ4v) is 4.10. The van der Waals surface area contributed by atoms with Crippen LogP contribution in [0.1, 0.15) is 21.7 Å². The third-order valence-corrected chi connectivity index (χ3v) is 5.57. The smallest absolute Gasteiger partial charge is 0.254 e. The molecule has 0 atom stereocenters. The molecule has 0 radical (unpaired) electrons. The average Bonchev–Trinajstić information content (AvgIpc) is 3.12. The molecule has 2 amide bonds. The number of amides is 2. The maximum absolute atomic E-state index is 12.6. The van der Waals surface area contributed by atoms with Crippen molar-refractivity contribution < 1.29 is 9.59 Å². The maximum Gasteiger partial charge on any atom is 0.254 e. The van der Waals surface area contributed by atoms with Gasteiger partial charge in [0, 0.05) is 53.1 Å². The fourth-order valence-electron chi connectivity index (χ4n) is 2.86. The van der Waals surface area contributed by atoms with E-state index in [1.54, 1.807) is 34.4 Å². The van der Waals surface area contributed by atoms with Gasteiger partial charge in [-0.25, -0.2) is 0 Å². The fraction of sp³-hybridized carbons (Fsp3) is 0.333. The summed E-state index contributed by atoms with van der Waals surface area (Å²) in [5, 5.41) is 2.91. The summed E-state index contributed by atoms with van der Waals surface area (Å²) in [5.74, 6) is 0.0429. The molecule has 4 nitrogen and oxygen atoms in total. The monoisotopic (exact) mass is 396 g/mol. The van der Waals surface area contributed by atoms with E-state index in [-0.39, 0.29) is 11.8 Å². The Labute approximate surface area is 160 Å². The van der Waals surface area contributed by atoms with Crippen molar-refractivity contribution in [3.05, 3.63) is 56.2 Å². The van der Waals surface area contributed by atoms with Gasteiger partial charge < -0.3 is 9.80 Å². The number of piperazine rings is 1. The second-order valence-corrected chi connectivity index (χ2v) is 7.82.